The van der Waals surface area contributed by atoms with Crippen LogP contribution in [0.4, 0.5) is 11.5 Å². The zero-order valence-corrected chi connectivity index (χ0v) is 12.0. The molecule has 7 heteroatoms. The topological polar surface area (TPSA) is 84.6 Å². The fourth-order valence-corrected chi connectivity index (χ4v) is 2.27. The van der Waals surface area contributed by atoms with Gasteiger partial charge in [0.1, 0.15) is 12.0 Å². The molecule has 1 saturated heterocycles. The molecule has 1 aliphatic rings. The number of nitrogens with zero attached hydrogens (tertiary/aromatic N) is 4. The van der Waals surface area contributed by atoms with E-state index in [2.05, 4.69) is 9.97 Å². The van der Waals surface area contributed by atoms with Crippen LogP contribution in [0.3, 0.4) is 0 Å². The third kappa shape index (κ3) is 3.09. The van der Waals surface area contributed by atoms with Gasteiger partial charge >= 0.3 is 0 Å². The Morgan fingerprint density at radius 3 is 2.80 bits per heavy atom. The van der Waals surface area contributed by atoms with Crippen LogP contribution in [-0.2, 0) is 4.79 Å². The van der Waals surface area contributed by atoms with Crippen LogP contribution in [0, 0.1) is 0 Å². The zero-order valence-electron chi connectivity index (χ0n) is 12.0. The summed E-state index contributed by atoms with van der Waals surface area (Å²) in [5.74, 6) is 0.981. The van der Waals surface area contributed by atoms with E-state index in [1.54, 1.807) is 11.9 Å². The molecule has 1 amide bonds. The van der Waals surface area contributed by atoms with Gasteiger partial charge in [-0.15, -0.1) is 0 Å². The smallest absolute Gasteiger partial charge is 0.242 e. The number of ether oxygens (including phenoxy) is 1. The average molecular weight is 279 g/mol. The van der Waals surface area contributed by atoms with Crippen molar-refractivity contribution in [3.8, 4) is 5.88 Å². The van der Waals surface area contributed by atoms with Crippen LogP contribution in [0.15, 0.2) is 6.33 Å². The minimum Gasteiger partial charge on any atom is -0.476 e. The highest BCUT2D eigenvalue weighted by atomic mass is 16.5. The maximum atomic E-state index is 12.1. The fraction of sp³-hybridized carbons (Fsp3) is 0.615. The molecule has 110 valence electrons. The SMILES string of the molecule is CCOc1ncnc(N(C)CC(=O)N2CCCC2)c1N. The van der Waals surface area contributed by atoms with Crippen molar-refractivity contribution in [1.29, 1.82) is 0 Å². The Labute approximate surface area is 118 Å². The minimum absolute atomic E-state index is 0.0981. The van der Waals surface area contributed by atoms with Crippen LogP contribution in [0.25, 0.3) is 0 Å². The molecule has 2 N–H and O–H groups in total. The third-order valence-electron chi connectivity index (χ3n) is 3.30. The van der Waals surface area contributed by atoms with E-state index < -0.39 is 0 Å². The Balaban J connectivity index is 2.06. The number of aromatic nitrogens is 2. The molecule has 0 bridgehead atoms. The van der Waals surface area contributed by atoms with Crippen molar-refractivity contribution < 1.29 is 9.53 Å². The summed E-state index contributed by atoms with van der Waals surface area (Å²) >= 11 is 0. The molecule has 0 atom stereocenters. The Morgan fingerprint density at radius 2 is 2.15 bits per heavy atom. The largest absolute Gasteiger partial charge is 0.476 e. The van der Waals surface area contributed by atoms with E-state index in [0.717, 1.165) is 25.9 Å². The predicted molar refractivity (Wildman–Crippen MR) is 76.7 cm³/mol. The molecule has 0 saturated carbocycles. The molecule has 2 rings (SSSR count). The van der Waals surface area contributed by atoms with E-state index in [-0.39, 0.29) is 12.5 Å². The van der Waals surface area contributed by atoms with Gasteiger partial charge in [0.25, 0.3) is 0 Å². The summed E-state index contributed by atoms with van der Waals surface area (Å²) in [6, 6.07) is 0. The van der Waals surface area contributed by atoms with Crippen LogP contribution in [-0.4, -0.2) is 54.1 Å². The van der Waals surface area contributed by atoms with Gasteiger partial charge < -0.3 is 20.3 Å². The molecule has 0 unspecified atom stereocenters. The van der Waals surface area contributed by atoms with Crippen molar-refractivity contribution >= 4 is 17.4 Å². The van der Waals surface area contributed by atoms with Crippen molar-refractivity contribution in [2.75, 3.05) is 43.9 Å². The van der Waals surface area contributed by atoms with Gasteiger partial charge in [0.2, 0.25) is 11.8 Å². The number of carbonyl (C=O) groups is 1. The van der Waals surface area contributed by atoms with Gasteiger partial charge in [0.15, 0.2) is 5.82 Å². The molecule has 0 spiro atoms. The van der Waals surface area contributed by atoms with Gasteiger partial charge in [-0.2, -0.15) is 4.98 Å². The molecule has 20 heavy (non-hydrogen) atoms. The van der Waals surface area contributed by atoms with Crippen LogP contribution in [0.1, 0.15) is 19.8 Å². The Bertz CT molecular complexity index is 474. The van der Waals surface area contributed by atoms with E-state index in [1.165, 1.54) is 6.33 Å². The Morgan fingerprint density at radius 1 is 1.45 bits per heavy atom. The third-order valence-corrected chi connectivity index (χ3v) is 3.30. The van der Waals surface area contributed by atoms with E-state index in [1.807, 2.05) is 11.8 Å². The summed E-state index contributed by atoms with van der Waals surface area (Å²) in [6.07, 6.45) is 3.56. The number of nitrogens with two attached hydrogens (primary N) is 1. The molecule has 0 aliphatic carbocycles. The van der Waals surface area contributed by atoms with Gasteiger partial charge in [0.05, 0.1) is 13.2 Å². The first-order valence-corrected chi connectivity index (χ1v) is 6.85. The lowest BCUT2D eigenvalue weighted by Crippen LogP contribution is -2.37. The lowest BCUT2D eigenvalue weighted by molar-refractivity contribution is -0.128. The lowest BCUT2D eigenvalue weighted by atomic mass is 10.4. The predicted octanol–water partition coefficient (Wildman–Crippen LogP) is 0.516. The maximum absolute atomic E-state index is 12.1. The minimum atomic E-state index is 0.0981. The first-order valence-electron chi connectivity index (χ1n) is 6.85. The van der Waals surface area contributed by atoms with Crippen molar-refractivity contribution in [1.82, 2.24) is 14.9 Å². The van der Waals surface area contributed by atoms with Gasteiger partial charge in [-0.25, -0.2) is 4.98 Å². The maximum Gasteiger partial charge on any atom is 0.242 e. The Hall–Kier alpha value is -2.05. The normalized spacial score (nSPS) is 14.4. The number of likely N-dealkylation sites (tertiary alicyclic amines) is 1. The quantitative estimate of drug-likeness (QED) is 0.845. The molecule has 7 nitrogen and oxygen atoms in total. The summed E-state index contributed by atoms with van der Waals surface area (Å²) in [7, 11) is 1.79. The van der Waals surface area contributed by atoms with Crippen molar-refractivity contribution in [3.05, 3.63) is 6.33 Å². The van der Waals surface area contributed by atoms with Gasteiger partial charge in [-0.05, 0) is 19.8 Å². The zero-order chi connectivity index (χ0) is 14.5. The fourth-order valence-electron chi connectivity index (χ4n) is 2.27. The summed E-state index contributed by atoms with van der Waals surface area (Å²) < 4.78 is 5.33. The highest BCUT2D eigenvalue weighted by Crippen LogP contribution is 2.27. The number of hydrogen-bond donors (Lipinski definition) is 1. The van der Waals surface area contributed by atoms with E-state index >= 15 is 0 Å². The monoisotopic (exact) mass is 279 g/mol. The molecule has 1 aliphatic heterocycles. The molecule has 1 fully saturated rings. The molecule has 2 heterocycles. The van der Waals surface area contributed by atoms with Crippen molar-refractivity contribution in [2.24, 2.45) is 0 Å². The molecule has 1 aromatic rings. The second kappa shape index (κ2) is 6.40. The number of likely N-dealkylation sites (N-methyl/N-ethyl adjacent to an activating group) is 1. The average Bonchev–Trinajstić information content (AvgIpc) is 2.95. The van der Waals surface area contributed by atoms with Crippen LogP contribution < -0.4 is 15.4 Å². The highest BCUT2D eigenvalue weighted by Gasteiger charge is 2.21. The van der Waals surface area contributed by atoms with Gasteiger partial charge in [-0.1, -0.05) is 0 Å². The number of amides is 1. The van der Waals surface area contributed by atoms with Crippen molar-refractivity contribution in [3.63, 3.8) is 0 Å². The summed E-state index contributed by atoms with van der Waals surface area (Å²) in [5, 5.41) is 0. The van der Waals surface area contributed by atoms with Crippen LogP contribution >= 0.6 is 0 Å². The van der Waals surface area contributed by atoms with Gasteiger partial charge in [0, 0.05) is 20.1 Å². The number of rotatable bonds is 5. The van der Waals surface area contributed by atoms with Crippen LogP contribution in [0.5, 0.6) is 5.88 Å². The number of hydrogen-bond acceptors (Lipinski definition) is 6. The molecular formula is C13H21N5O2. The number of anilines is 2. The highest BCUT2D eigenvalue weighted by molar-refractivity contribution is 5.82. The number of nitrogen functional groups attached to an aromatic ring is 1. The Kier molecular flexibility index (Phi) is 4.60. The molecule has 1 aromatic heterocycles. The summed E-state index contributed by atoms with van der Waals surface area (Å²) in [6.45, 7) is 4.29. The molecule has 0 aromatic carbocycles. The van der Waals surface area contributed by atoms with Crippen LogP contribution in [0.2, 0.25) is 0 Å². The second-order valence-electron chi connectivity index (χ2n) is 4.79. The molecular weight excluding hydrogens is 258 g/mol. The van der Waals surface area contributed by atoms with E-state index in [4.69, 9.17) is 10.5 Å². The lowest BCUT2D eigenvalue weighted by Gasteiger charge is -2.23. The van der Waals surface area contributed by atoms with Crippen molar-refractivity contribution in [2.45, 2.75) is 19.8 Å². The summed E-state index contributed by atoms with van der Waals surface area (Å²) in [4.78, 5) is 23.9. The summed E-state index contributed by atoms with van der Waals surface area (Å²) in [5.41, 5.74) is 6.35. The van der Waals surface area contributed by atoms with E-state index in [9.17, 15) is 4.79 Å². The standard InChI is InChI=1S/C13H21N5O2/c1-3-20-13-11(14)12(15-9-16-13)17(2)8-10(19)18-6-4-5-7-18/h9H,3-8,14H2,1-2H3. The first kappa shape index (κ1) is 14.4. The number of carbonyl (C=O) groups excluding carboxylic acids is 1. The second-order valence-corrected chi connectivity index (χ2v) is 4.79. The molecule has 0 radical (unpaired) electrons. The van der Waals surface area contributed by atoms with Gasteiger partial charge in [-0.3, -0.25) is 4.79 Å². The van der Waals surface area contributed by atoms with E-state index in [0.29, 0.717) is 24.0 Å². The first-order chi connectivity index (χ1) is 9.63.